The lowest BCUT2D eigenvalue weighted by molar-refractivity contribution is -0.131. The topological polar surface area (TPSA) is 82.2 Å². The molecule has 1 amide bonds. The molecule has 4 rings (SSSR count). The first kappa shape index (κ1) is 19.3. The Bertz CT molecular complexity index is 1030. The molecule has 1 saturated heterocycles. The van der Waals surface area contributed by atoms with Gasteiger partial charge in [0, 0.05) is 58.0 Å². The van der Waals surface area contributed by atoms with Crippen LogP contribution in [-0.4, -0.2) is 56.8 Å². The van der Waals surface area contributed by atoms with Crippen molar-refractivity contribution in [1.29, 1.82) is 0 Å². The minimum Gasteiger partial charge on any atom is -0.341 e. The average Bonchev–Trinajstić information content (AvgIpc) is 2.98. The monoisotopic (exact) mass is 391 g/mol. The third-order valence-electron chi connectivity index (χ3n) is 5.34. The van der Waals surface area contributed by atoms with Gasteiger partial charge in [0.1, 0.15) is 5.69 Å². The van der Waals surface area contributed by atoms with E-state index < -0.39 is 0 Å². The number of nitrogens with zero attached hydrogens (tertiary/aromatic N) is 4. The van der Waals surface area contributed by atoms with E-state index in [4.69, 9.17) is 0 Å². The maximum atomic E-state index is 12.7. The zero-order valence-electron chi connectivity index (χ0n) is 16.4. The van der Waals surface area contributed by atoms with E-state index in [1.807, 2.05) is 53.7 Å². The van der Waals surface area contributed by atoms with Gasteiger partial charge in [-0.2, -0.15) is 0 Å². The molecule has 1 aliphatic rings. The van der Waals surface area contributed by atoms with E-state index in [-0.39, 0.29) is 11.5 Å². The van der Waals surface area contributed by atoms with E-state index in [0.717, 1.165) is 43.6 Å². The summed E-state index contributed by atoms with van der Waals surface area (Å²) in [5, 5.41) is 0. The van der Waals surface area contributed by atoms with Gasteiger partial charge in [0.25, 0.3) is 5.56 Å². The summed E-state index contributed by atoms with van der Waals surface area (Å²) in [6.45, 7) is 4.17. The molecule has 0 spiro atoms. The fourth-order valence-corrected chi connectivity index (χ4v) is 3.75. The Balaban J connectivity index is 1.33. The van der Waals surface area contributed by atoms with E-state index in [1.165, 1.54) is 5.56 Å². The van der Waals surface area contributed by atoms with Crippen molar-refractivity contribution in [3.8, 4) is 0 Å². The number of hydrogen-bond donors (Lipinski definition) is 1. The van der Waals surface area contributed by atoms with Crippen molar-refractivity contribution in [2.75, 3.05) is 26.2 Å². The Morgan fingerprint density at radius 1 is 1.03 bits per heavy atom. The second-order valence-corrected chi connectivity index (χ2v) is 7.40. The van der Waals surface area contributed by atoms with Crippen LogP contribution in [0.4, 0.5) is 0 Å². The number of aromatic nitrogens is 3. The number of fused-ring (bicyclic) bond motifs is 1. The molecule has 7 heteroatoms. The normalized spacial score (nSPS) is 15.4. The molecule has 7 nitrogen and oxygen atoms in total. The predicted octanol–water partition coefficient (Wildman–Crippen LogP) is 1.99. The summed E-state index contributed by atoms with van der Waals surface area (Å²) in [5.74, 6) is 0.0881. The van der Waals surface area contributed by atoms with Crippen molar-refractivity contribution in [3.05, 3.63) is 70.4 Å². The number of aryl methyl sites for hydroxylation is 1. The van der Waals surface area contributed by atoms with E-state index >= 15 is 0 Å². The SMILES string of the molecule is O=C(CCc1nc2ccccc2[nH]c1=O)N1CCCN(Cc2ccncc2)CC1. The molecule has 1 fully saturated rings. The highest BCUT2D eigenvalue weighted by atomic mass is 16.2. The molecule has 1 aromatic carbocycles. The highest BCUT2D eigenvalue weighted by molar-refractivity contribution is 5.77. The smallest absolute Gasteiger partial charge is 0.270 e. The molecule has 0 bridgehead atoms. The number of carbonyl (C=O) groups is 1. The highest BCUT2D eigenvalue weighted by Crippen LogP contribution is 2.11. The summed E-state index contributed by atoms with van der Waals surface area (Å²) in [7, 11) is 0. The molecule has 0 saturated carbocycles. The lowest BCUT2D eigenvalue weighted by atomic mass is 10.2. The number of hydrogen-bond acceptors (Lipinski definition) is 5. The van der Waals surface area contributed by atoms with Gasteiger partial charge in [0.15, 0.2) is 0 Å². The largest absolute Gasteiger partial charge is 0.341 e. The number of benzene rings is 1. The van der Waals surface area contributed by atoms with Gasteiger partial charge in [-0.3, -0.25) is 19.5 Å². The van der Waals surface area contributed by atoms with Crippen molar-refractivity contribution >= 4 is 16.9 Å². The summed E-state index contributed by atoms with van der Waals surface area (Å²) in [6, 6.07) is 11.5. The van der Waals surface area contributed by atoms with Crippen molar-refractivity contribution in [1.82, 2.24) is 24.8 Å². The number of pyridine rings is 1. The van der Waals surface area contributed by atoms with Crippen LogP contribution in [-0.2, 0) is 17.8 Å². The first-order chi connectivity index (χ1) is 14.2. The van der Waals surface area contributed by atoms with Crippen LogP contribution >= 0.6 is 0 Å². The van der Waals surface area contributed by atoms with Crippen molar-refractivity contribution in [2.45, 2.75) is 25.8 Å². The Morgan fingerprint density at radius 3 is 2.72 bits per heavy atom. The minimum absolute atomic E-state index is 0.0881. The number of nitrogens with one attached hydrogen (secondary N) is 1. The second-order valence-electron chi connectivity index (χ2n) is 7.40. The summed E-state index contributed by atoms with van der Waals surface area (Å²) < 4.78 is 0. The third kappa shape index (κ3) is 4.86. The van der Waals surface area contributed by atoms with Crippen molar-refractivity contribution < 1.29 is 4.79 Å². The summed E-state index contributed by atoms with van der Waals surface area (Å²) in [6.07, 6.45) is 5.23. The van der Waals surface area contributed by atoms with E-state index in [0.29, 0.717) is 25.1 Å². The van der Waals surface area contributed by atoms with Gasteiger partial charge in [-0.05, 0) is 36.2 Å². The molecule has 0 unspecified atom stereocenters. The molecule has 29 heavy (non-hydrogen) atoms. The van der Waals surface area contributed by atoms with Gasteiger partial charge >= 0.3 is 0 Å². The number of rotatable bonds is 5. The maximum absolute atomic E-state index is 12.7. The van der Waals surface area contributed by atoms with Gasteiger partial charge in [-0.25, -0.2) is 4.98 Å². The van der Waals surface area contributed by atoms with Gasteiger partial charge < -0.3 is 9.88 Å². The van der Waals surface area contributed by atoms with Crippen molar-refractivity contribution in [2.24, 2.45) is 0 Å². The van der Waals surface area contributed by atoms with Crippen LogP contribution < -0.4 is 5.56 Å². The molecule has 0 aliphatic carbocycles. The molecule has 0 atom stereocenters. The minimum atomic E-state index is -0.212. The van der Waals surface area contributed by atoms with Gasteiger partial charge in [-0.1, -0.05) is 12.1 Å². The Kier molecular flexibility index (Phi) is 5.95. The number of carbonyl (C=O) groups excluding carboxylic acids is 1. The number of para-hydroxylation sites is 2. The molecule has 150 valence electrons. The van der Waals surface area contributed by atoms with Crippen LogP contribution in [0.5, 0.6) is 0 Å². The second kappa shape index (κ2) is 8.96. The molecule has 3 heterocycles. The molecular weight excluding hydrogens is 366 g/mol. The summed E-state index contributed by atoms with van der Waals surface area (Å²) in [4.78, 5) is 40.6. The van der Waals surface area contributed by atoms with Crippen LogP contribution in [0.15, 0.2) is 53.6 Å². The number of amides is 1. The van der Waals surface area contributed by atoms with Gasteiger partial charge in [-0.15, -0.1) is 0 Å². The van der Waals surface area contributed by atoms with Gasteiger partial charge in [0.05, 0.1) is 11.0 Å². The molecule has 1 aliphatic heterocycles. The lowest BCUT2D eigenvalue weighted by Gasteiger charge is -2.22. The highest BCUT2D eigenvalue weighted by Gasteiger charge is 2.19. The fourth-order valence-electron chi connectivity index (χ4n) is 3.75. The summed E-state index contributed by atoms with van der Waals surface area (Å²) in [5.41, 5.74) is 2.91. The van der Waals surface area contributed by atoms with Gasteiger partial charge in [0.2, 0.25) is 5.91 Å². The maximum Gasteiger partial charge on any atom is 0.270 e. The zero-order chi connectivity index (χ0) is 20.1. The predicted molar refractivity (Wildman–Crippen MR) is 111 cm³/mol. The Labute approximate surface area is 169 Å². The van der Waals surface area contributed by atoms with Crippen LogP contribution in [0.3, 0.4) is 0 Å². The molecule has 3 aromatic rings. The quantitative estimate of drug-likeness (QED) is 0.719. The molecule has 1 N–H and O–H groups in total. The van der Waals surface area contributed by atoms with E-state index in [1.54, 1.807) is 0 Å². The Morgan fingerprint density at radius 2 is 1.86 bits per heavy atom. The zero-order valence-corrected chi connectivity index (χ0v) is 16.4. The van der Waals surface area contributed by atoms with E-state index in [9.17, 15) is 9.59 Å². The molecular formula is C22H25N5O2. The fraction of sp³-hybridized carbons (Fsp3) is 0.364. The van der Waals surface area contributed by atoms with Crippen LogP contribution in [0.25, 0.3) is 11.0 Å². The third-order valence-corrected chi connectivity index (χ3v) is 5.34. The van der Waals surface area contributed by atoms with Crippen LogP contribution in [0.1, 0.15) is 24.1 Å². The van der Waals surface area contributed by atoms with E-state index in [2.05, 4.69) is 19.9 Å². The summed E-state index contributed by atoms with van der Waals surface area (Å²) >= 11 is 0. The number of aromatic amines is 1. The first-order valence-electron chi connectivity index (χ1n) is 10.1. The van der Waals surface area contributed by atoms with Crippen LogP contribution in [0.2, 0.25) is 0 Å². The van der Waals surface area contributed by atoms with Crippen LogP contribution in [0, 0.1) is 0 Å². The lowest BCUT2D eigenvalue weighted by Crippen LogP contribution is -2.35. The average molecular weight is 391 g/mol. The number of H-pyrrole nitrogens is 1. The standard InChI is InChI=1S/C22H25N5O2/c28-21(7-6-20-22(29)25-19-5-2-1-4-18(19)24-20)27-13-3-12-26(14-15-27)16-17-8-10-23-11-9-17/h1-2,4-5,8-11H,3,6-7,12-16H2,(H,25,29). The Hall–Kier alpha value is -3.06. The first-order valence-corrected chi connectivity index (χ1v) is 10.1. The molecule has 2 aromatic heterocycles. The molecule has 0 radical (unpaired) electrons. The van der Waals surface area contributed by atoms with Crippen molar-refractivity contribution in [3.63, 3.8) is 0 Å².